The SMILES string of the molecule is COC(=O)c1[nH]c2ccoc2c1I.COC(=O)c1cc2occc2[nH]1. The molecule has 8 nitrogen and oxygen atoms in total. The molecule has 0 saturated heterocycles. The number of ether oxygens (including phenoxy) is 2. The Hall–Kier alpha value is -2.69. The van der Waals surface area contributed by atoms with Crippen molar-refractivity contribution < 1.29 is 27.9 Å². The van der Waals surface area contributed by atoms with Gasteiger partial charge in [0.25, 0.3) is 0 Å². The quantitative estimate of drug-likeness (QED) is 0.352. The van der Waals surface area contributed by atoms with Gasteiger partial charge in [-0.05, 0) is 22.6 Å². The Bertz CT molecular complexity index is 1010. The molecule has 4 aromatic rings. The van der Waals surface area contributed by atoms with Gasteiger partial charge in [0, 0.05) is 18.2 Å². The monoisotopic (exact) mass is 456 g/mol. The van der Waals surface area contributed by atoms with Crippen LogP contribution in [0.1, 0.15) is 21.0 Å². The number of halogens is 1. The summed E-state index contributed by atoms with van der Waals surface area (Å²) in [7, 11) is 2.69. The Morgan fingerprint density at radius 3 is 2.32 bits per heavy atom. The third-order valence-electron chi connectivity index (χ3n) is 3.38. The average molecular weight is 456 g/mol. The van der Waals surface area contributed by atoms with Gasteiger partial charge in [0.1, 0.15) is 11.4 Å². The van der Waals surface area contributed by atoms with Crippen molar-refractivity contribution in [3.63, 3.8) is 0 Å². The zero-order valence-electron chi connectivity index (χ0n) is 13.2. The number of fused-ring (bicyclic) bond motifs is 2. The molecule has 4 aromatic heterocycles. The summed E-state index contributed by atoms with van der Waals surface area (Å²) in [5, 5.41) is 0. The molecule has 9 heteroatoms. The topological polar surface area (TPSA) is 110 Å². The summed E-state index contributed by atoms with van der Waals surface area (Å²) in [6.07, 6.45) is 3.13. The summed E-state index contributed by atoms with van der Waals surface area (Å²) in [6, 6.07) is 5.13. The second kappa shape index (κ2) is 7.05. The van der Waals surface area contributed by atoms with Crippen LogP contribution in [0.25, 0.3) is 22.2 Å². The summed E-state index contributed by atoms with van der Waals surface area (Å²) in [5.74, 6) is -0.766. The largest absolute Gasteiger partial charge is 0.464 e. The highest BCUT2D eigenvalue weighted by Gasteiger charge is 2.17. The smallest absolute Gasteiger partial charge is 0.355 e. The number of aromatic amines is 2. The van der Waals surface area contributed by atoms with Gasteiger partial charge in [0.05, 0.1) is 41.3 Å². The molecule has 0 aliphatic heterocycles. The molecule has 0 saturated carbocycles. The van der Waals surface area contributed by atoms with E-state index in [1.165, 1.54) is 14.2 Å². The van der Waals surface area contributed by atoms with Crippen LogP contribution in [0.5, 0.6) is 0 Å². The second-order valence-corrected chi connectivity index (χ2v) is 5.92. The number of methoxy groups -OCH3 is 2. The third-order valence-corrected chi connectivity index (χ3v) is 4.41. The minimum absolute atomic E-state index is 0.379. The van der Waals surface area contributed by atoms with Gasteiger partial charge in [-0.3, -0.25) is 0 Å². The summed E-state index contributed by atoms with van der Waals surface area (Å²) < 4.78 is 20.1. The Morgan fingerprint density at radius 1 is 1.00 bits per heavy atom. The molecule has 0 aliphatic rings. The Morgan fingerprint density at radius 2 is 1.68 bits per heavy atom. The van der Waals surface area contributed by atoms with E-state index in [1.54, 1.807) is 30.7 Å². The molecule has 0 unspecified atom stereocenters. The fourth-order valence-corrected chi connectivity index (χ4v) is 2.96. The van der Waals surface area contributed by atoms with Crippen molar-refractivity contribution in [3.8, 4) is 0 Å². The number of carbonyl (C=O) groups is 2. The predicted octanol–water partition coefficient (Wildman–Crippen LogP) is 3.70. The highest BCUT2D eigenvalue weighted by molar-refractivity contribution is 14.1. The van der Waals surface area contributed by atoms with E-state index in [4.69, 9.17) is 8.83 Å². The fraction of sp³-hybridized carbons (Fsp3) is 0.125. The number of carbonyl (C=O) groups excluding carboxylic acids is 2. The molecule has 130 valence electrons. The predicted molar refractivity (Wildman–Crippen MR) is 96.5 cm³/mol. The van der Waals surface area contributed by atoms with E-state index in [0.29, 0.717) is 22.6 Å². The van der Waals surface area contributed by atoms with Crippen LogP contribution in [0.2, 0.25) is 0 Å². The van der Waals surface area contributed by atoms with Gasteiger partial charge in [-0.25, -0.2) is 9.59 Å². The summed E-state index contributed by atoms with van der Waals surface area (Å²) in [6.45, 7) is 0. The third kappa shape index (κ3) is 3.27. The van der Waals surface area contributed by atoms with Crippen molar-refractivity contribution >= 4 is 56.7 Å². The lowest BCUT2D eigenvalue weighted by atomic mass is 10.4. The van der Waals surface area contributed by atoms with Crippen LogP contribution in [-0.4, -0.2) is 36.1 Å². The lowest BCUT2D eigenvalue weighted by Crippen LogP contribution is -2.03. The maximum Gasteiger partial charge on any atom is 0.355 e. The second-order valence-electron chi connectivity index (χ2n) is 4.84. The van der Waals surface area contributed by atoms with Crippen molar-refractivity contribution in [1.82, 2.24) is 9.97 Å². The number of furan rings is 2. The molecule has 4 rings (SSSR count). The van der Waals surface area contributed by atoms with Crippen molar-refractivity contribution in [2.24, 2.45) is 0 Å². The maximum atomic E-state index is 11.2. The highest BCUT2D eigenvalue weighted by atomic mass is 127. The normalized spacial score (nSPS) is 10.5. The van der Waals surface area contributed by atoms with E-state index in [2.05, 4.69) is 19.4 Å². The molecule has 0 spiro atoms. The van der Waals surface area contributed by atoms with Crippen LogP contribution >= 0.6 is 22.6 Å². The van der Waals surface area contributed by atoms with Crippen molar-refractivity contribution in [2.45, 2.75) is 0 Å². The number of aromatic nitrogens is 2. The highest BCUT2D eigenvalue weighted by Crippen LogP contribution is 2.25. The first kappa shape index (κ1) is 17.1. The van der Waals surface area contributed by atoms with Gasteiger partial charge in [-0.1, -0.05) is 0 Å². The standard InChI is InChI=1S/C8H6INO3.C8H7NO3/c1-12-8(11)6-5(9)7-4(10-6)2-3-13-7;1-11-8(10)6-4-7-5(9-6)2-3-12-7/h2-3,10H,1H3;2-4,9H,1H3. The van der Waals surface area contributed by atoms with Crippen molar-refractivity contribution in [3.05, 3.63) is 45.7 Å². The molecular weight excluding hydrogens is 443 g/mol. The van der Waals surface area contributed by atoms with E-state index in [9.17, 15) is 9.59 Å². The summed E-state index contributed by atoms with van der Waals surface area (Å²) in [5.41, 5.74) is 3.82. The molecule has 25 heavy (non-hydrogen) atoms. The number of H-pyrrole nitrogens is 2. The van der Waals surface area contributed by atoms with E-state index >= 15 is 0 Å². The van der Waals surface area contributed by atoms with E-state index in [-0.39, 0.29) is 11.9 Å². The maximum absolute atomic E-state index is 11.2. The number of hydrogen-bond donors (Lipinski definition) is 2. The molecule has 0 aliphatic carbocycles. The molecule has 0 atom stereocenters. The first-order chi connectivity index (χ1) is 12.0. The minimum Gasteiger partial charge on any atom is -0.464 e. The lowest BCUT2D eigenvalue weighted by molar-refractivity contribution is 0.0585. The van der Waals surface area contributed by atoms with Crippen molar-refractivity contribution in [1.29, 1.82) is 0 Å². The molecule has 0 bridgehead atoms. The Labute approximate surface area is 154 Å². The number of rotatable bonds is 2. The van der Waals surface area contributed by atoms with E-state index < -0.39 is 0 Å². The molecule has 0 fully saturated rings. The van der Waals surface area contributed by atoms with E-state index in [1.807, 2.05) is 22.6 Å². The van der Waals surface area contributed by atoms with E-state index in [0.717, 1.165) is 14.6 Å². The minimum atomic E-state index is -0.388. The zero-order chi connectivity index (χ0) is 18.0. The molecule has 0 amide bonds. The first-order valence-electron chi connectivity index (χ1n) is 7.02. The van der Waals surface area contributed by atoms with Crippen LogP contribution in [0.3, 0.4) is 0 Å². The average Bonchev–Trinajstić information content (AvgIpc) is 3.36. The molecule has 0 aromatic carbocycles. The van der Waals surface area contributed by atoms with Crippen LogP contribution < -0.4 is 0 Å². The van der Waals surface area contributed by atoms with Gasteiger partial charge < -0.3 is 28.3 Å². The summed E-state index contributed by atoms with van der Waals surface area (Å²) >= 11 is 2.04. The molecule has 0 radical (unpaired) electrons. The molecule has 4 heterocycles. The van der Waals surface area contributed by atoms with Crippen LogP contribution in [0.15, 0.2) is 39.6 Å². The van der Waals surface area contributed by atoms with Gasteiger partial charge in [0.15, 0.2) is 11.2 Å². The van der Waals surface area contributed by atoms with Gasteiger partial charge in [-0.15, -0.1) is 0 Å². The number of hydrogen-bond acceptors (Lipinski definition) is 6. The van der Waals surface area contributed by atoms with Gasteiger partial charge >= 0.3 is 11.9 Å². The number of esters is 2. The van der Waals surface area contributed by atoms with Gasteiger partial charge in [-0.2, -0.15) is 0 Å². The first-order valence-corrected chi connectivity index (χ1v) is 8.10. The van der Waals surface area contributed by atoms with Crippen LogP contribution in [0, 0.1) is 3.57 Å². The van der Waals surface area contributed by atoms with Crippen LogP contribution in [0.4, 0.5) is 0 Å². The number of nitrogens with one attached hydrogen (secondary N) is 2. The zero-order valence-corrected chi connectivity index (χ0v) is 15.4. The fourth-order valence-electron chi connectivity index (χ4n) is 2.19. The van der Waals surface area contributed by atoms with Crippen LogP contribution in [-0.2, 0) is 9.47 Å². The lowest BCUT2D eigenvalue weighted by Gasteiger charge is -1.94. The molecular formula is C16H13IN2O6. The molecule has 2 N–H and O–H groups in total. The Balaban J connectivity index is 0.000000146. The Kier molecular flexibility index (Phi) is 4.83. The van der Waals surface area contributed by atoms with Gasteiger partial charge in [0.2, 0.25) is 0 Å². The summed E-state index contributed by atoms with van der Waals surface area (Å²) in [4.78, 5) is 28.0. The van der Waals surface area contributed by atoms with Crippen molar-refractivity contribution in [2.75, 3.05) is 14.2 Å².